The van der Waals surface area contributed by atoms with Crippen LogP contribution >= 0.6 is 0 Å². The molecule has 0 spiro atoms. The monoisotopic (exact) mass is 360 g/mol. The van der Waals surface area contributed by atoms with Gasteiger partial charge in [0.25, 0.3) is 0 Å². The Morgan fingerprint density at radius 1 is 0.760 bits per heavy atom. The van der Waals surface area contributed by atoms with Crippen LogP contribution in [-0.2, 0) is 20.9 Å². The van der Waals surface area contributed by atoms with Crippen LogP contribution in [-0.4, -0.2) is 8.42 Å². The first-order chi connectivity index (χ1) is 11.3. The van der Waals surface area contributed by atoms with Crippen molar-refractivity contribution in [3.8, 4) is 5.75 Å². The summed E-state index contributed by atoms with van der Waals surface area (Å²) in [6.07, 6.45) is 0. The lowest BCUT2D eigenvalue weighted by atomic mass is 9.80. The predicted molar refractivity (Wildman–Crippen MR) is 103 cm³/mol. The summed E-state index contributed by atoms with van der Waals surface area (Å²) >= 11 is 0. The number of hydrogen-bond donors (Lipinski definition) is 0. The van der Waals surface area contributed by atoms with Gasteiger partial charge in [-0.1, -0.05) is 77.4 Å². The van der Waals surface area contributed by atoms with Crippen LogP contribution < -0.4 is 4.18 Å². The fourth-order valence-electron chi connectivity index (χ4n) is 2.67. The minimum absolute atomic E-state index is 0.168. The maximum Gasteiger partial charge on any atom is 0.339 e. The summed E-state index contributed by atoms with van der Waals surface area (Å²) in [6, 6.07) is 12.6. The van der Waals surface area contributed by atoms with E-state index in [0.717, 1.165) is 16.7 Å². The van der Waals surface area contributed by atoms with Crippen LogP contribution in [0.4, 0.5) is 0 Å². The number of para-hydroxylation sites is 1. The van der Waals surface area contributed by atoms with Gasteiger partial charge in [0, 0.05) is 11.1 Å². The molecule has 0 heterocycles. The highest BCUT2D eigenvalue weighted by atomic mass is 32.2. The third kappa shape index (κ3) is 4.43. The maximum absolute atomic E-state index is 12.8. The quantitative estimate of drug-likeness (QED) is 0.692. The largest absolute Gasteiger partial charge is 0.378 e. The standard InChI is InChI=1S/C21H28O3S/c1-15-11-13-16(14-12-15)25(22,23)24-19-17(20(2,3)4)9-8-10-18(19)21(5,6)7/h8-14H,1-7H3. The first kappa shape index (κ1) is 19.5. The number of rotatable bonds is 3. The summed E-state index contributed by atoms with van der Waals surface area (Å²) in [7, 11) is -3.90. The van der Waals surface area contributed by atoms with Crippen molar-refractivity contribution in [3.05, 3.63) is 59.2 Å². The van der Waals surface area contributed by atoms with Gasteiger partial charge in [-0.3, -0.25) is 0 Å². The average molecular weight is 361 g/mol. The zero-order valence-electron chi connectivity index (χ0n) is 16.2. The number of benzene rings is 2. The smallest absolute Gasteiger partial charge is 0.339 e. The van der Waals surface area contributed by atoms with Crippen LogP contribution in [0.1, 0.15) is 58.2 Å². The van der Waals surface area contributed by atoms with Crippen molar-refractivity contribution in [1.82, 2.24) is 0 Å². The van der Waals surface area contributed by atoms with Gasteiger partial charge >= 0.3 is 10.1 Å². The van der Waals surface area contributed by atoms with E-state index in [0.29, 0.717) is 5.75 Å². The van der Waals surface area contributed by atoms with Gasteiger partial charge in [0.2, 0.25) is 0 Å². The Kier molecular flexibility index (Phi) is 5.06. The fraction of sp³-hybridized carbons (Fsp3) is 0.429. The normalized spacial score (nSPS) is 12.9. The van der Waals surface area contributed by atoms with Crippen LogP contribution in [0, 0.1) is 6.92 Å². The van der Waals surface area contributed by atoms with Crippen molar-refractivity contribution in [2.75, 3.05) is 0 Å². The summed E-state index contributed by atoms with van der Waals surface area (Å²) in [5, 5.41) is 0. The van der Waals surface area contributed by atoms with Gasteiger partial charge in [0.15, 0.2) is 0 Å². The average Bonchev–Trinajstić information content (AvgIpc) is 2.45. The fourth-order valence-corrected chi connectivity index (χ4v) is 3.64. The third-order valence-electron chi connectivity index (χ3n) is 4.13. The van der Waals surface area contributed by atoms with E-state index >= 15 is 0 Å². The van der Waals surface area contributed by atoms with Crippen molar-refractivity contribution in [2.45, 2.75) is 64.2 Å². The Morgan fingerprint density at radius 2 is 1.20 bits per heavy atom. The second-order valence-corrected chi connectivity index (χ2v) is 10.1. The first-order valence-corrected chi connectivity index (χ1v) is 9.88. The first-order valence-electron chi connectivity index (χ1n) is 8.47. The molecule has 0 fully saturated rings. The molecule has 2 aromatic carbocycles. The second-order valence-electron chi connectivity index (χ2n) is 8.53. The van der Waals surface area contributed by atoms with Crippen LogP contribution in [0.25, 0.3) is 0 Å². The van der Waals surface area contributed by atoms with Crippen molar-refractivity contribution in [1.29, 1.82) is 0 Å². The van der Waals surface area contributed by atoms with E-state index in [9.17, 15) is 8.42 Å². The maximum atomic E-state index is 12.8. The van der Waals surface area contributed by atoms with Crippen molar-refractivity contribution in [2.24, 2.45) is 0 Å². The third-order valence-corrected chi connectivity index (χ3v) is 5.37. The molecule has 136 valence electrons. The number of aryl methyl sites for hydroxylation is 1. The number of hydrogen-bond acceptors (Lipinski definition) is 3. The molecule has 2 rings (SSSR count). The van der Waals surface area contributed by atoms with Gasteiger partial charge in [-0.25, -0.2) is 0 Å². The summed E-state index contributed by atoms with van der Waals surface area (Å²) < 4.78 is 31.4. The Hall–Kier alpha value is -1.81. The summed E-state index contributed by atoms with van der Waals surface area (Å²) in [5.41, 5.74) is 2.30. The lowest BCUT2D eigenvalue weighted by molar-refractivity contribution is 0.454. The van der Waals surface area contributed by atoms with E-state index in [-0.39, 0.29) is 15.7 Å². The van der Waals surface area contributed by atoms with E-state index in [1.165, 1.54) is 0 Å². The van der Waals surface area contributed by atoms with Crippen LogP contribution in [0.2, 0.25) is 0 Å². The highest BCUT2D eigenvalue weighted by molar-refractivity contribution is 7.87. The summed E-state index contributed by atoms with van der Waals surface area (Å²) in [5.74, 6) is 0.447. The van der Waals surface area contributed by atoms with Crippen LogP contribution in [0.15, 0.2) is 47.4 Å². The molecule has 0 aliphatic rings. The lowest BCUT2D eigenvalue weighted by Crippen LogP contribution is -2.22. The molecule has 0 saturated carbocycles. The predicted octanol–water partition coefficient (Wildman–Crippen LogP) is 5.36. The molecule has 4 heteroatoms. The minimum Gasteiger partial charge on any atom is -0.378 e. The molecule has 0 radical (unpaired) electrons. The molecule has 0 N–H and O–H groups in total. The molecule has 3 nitrogen and oxygen atoms in total. The molecule has 0 saturated heterocycles. The molecule has 0 bridgehead atoms. The molecule has 2 aromatic rings. The molecule has 0 amide bonds. The topological polar surface area (TPSA) is 43.4 Å². The van der Waals surface area contributed by atoms with Crippen molar-refractivity contribution < 1.29 is 12.6 Å². The van der Waals surface area contributed by atoms with Gasteiger partial charge in [0.1, 0.15) is 10.6 Å². The van der Waals surface area contributed by atoms with Gasteiger partial charge < -0.3 is 4.18 Å². The molecule has 0 aliphatic carbocycles. The molecule has 0 atom stereocenters. The van der Waals surface area contributed by atoms with Crippen LogP contribution in [0.5, 0.6) is 5.75 Å². The van der Waals surface area contributed by atoms with Crippen molar-refractivity contribution in [3.63, 3.8) is 0 Å². The Bertz CT molecular complexity index is 817. The van der Waals surface area contributed by atoms with Crippen LogP contribution in [0.3, 0.4) is 0 Å². The van der Waals surface area contributed by atoms with Gasteiger partial charge in [-0.2, -0.15) is 8.42 Å². The molecular formula is C21H28O3S. The van der Waals surface area contributed by atoms with E-state index in [1.807, 2.05) is 25.1 Å². The second kappa shape index (κ2) is 6.49. The van der Waals surface area contributed by atoms with E-state index in [1.54, 1.807) is 24.3 Å². The van der Waals surface area contributed by atoms with E-state index in [2.05, 4.69) is 41.5 Å². The Labute approximate surface area is 152 Å². The highest BCUT2D eigenvalue weighted by Gasteiger charge is 2.30. The van der Waals surface area contributed by atoms with Gasteiger partial charge in [-0.15, -0.1) is 0 Å². The zero-order chi connectivity index (χ0) is 19.0. The zero-order valence-corrected chi connectivity index (χ0v) is 17.0. The molecular weight excluding hydrogens is 332 g/mol. The van der Waals surface area contributed by atoms with Gasteiger partial charge in [-0.05, 0) is 29.9 Å². The lowest BCUT2D eigenvalue weighted by Gasteiger charge is -2.29. The van der Waals surface area contributed by atoms with E-state index < -0.39 is 10.1 Å². The Balaban J connectivity index is 2.63. The molecule has 0 aromatic heterocycles. The highest BCUT2D eigenvalue weighted by Crippen LogP contribution is 2.40. The molecule has 0 unspecified atom stereocenters. The van der Waals surface area contributed by atoms with Gasteiger partial charge in [0.05, 0.1) is 0 Å². The van der Waals surface area contributed by atoms with E-state index in [4.69, 9.17) is 4.18 Å². The minimum atomic E-state index is -3.90. The SMILES string of the molecule is Cc1ccc(S(=O)(=O)Oc2c(C(C)(C)C)cccc2C(C)(C)C)cc1. The summed E-state index contributed by atoms with van der Waals surface area (Å²) in [6.45, 7) is 14.3. The van der Waals surface area contributed by atoms with Crippen molar-refractivity contribution >= 4 is 10.1 Å². The molecule has 0 aliphatic heterocycles. The Morgan fingerprint density at radius 3 is 1.60 bits per heavy atom. The summed E-state index contributed by atoms with van der Waals surface area (Å²) in [4.78, 5) is 0.168. The molecule has 25 heavy (non-hydrogen) atoms.